The zero-order valence-electron chi connectivity index (χ0n) is 16.3. The largest absolute Gasteiger partial charge is 0.497 e. The molecule has 0 aliphatic rings. The monoisotopic (exact) mass is 410 g/mol. The van der Waals surface area contributed by atoms with Gasteiger partial charge in [-0.3, -0.25) is 9.59 Å². The van der Waals surface area contributed by atoms with Crippen LogP contribution in [0.5, 0.6) is 5.75 Å². The summed E-state index contributed by atoms with van der Waals surface area (Å²) in [6.07, 6.45) is 1.56. The number of thioether (sulfide) groups is 1. The predicted octanol–water partition coefficient (Wildman–Crippen LogP) is 3.97. The molecule has 2 aromatic carbocycles. The second-order valence-electron chi connectivity index (χ2n) is 6.20. The Morgan fingerprint density at radius 3 is 2.52 bits per heavy atom. The fraction of sp³-hybridized carbons (Fsp3) is 0.182. The van der Waals surface area contributed by atoms with Gasteiger partial charge in [-0.1, -0.05) is 12.1 Å². The van der Waals surface area contributed by atoms with E-state index in [4.69, 9.17) is 9.15 Å². The number of hydrogen-bond donors (Lipinski definition) is 1. The van der Waals surface area contributed by atoms with Gasteiger partial charge in [0.05, 0.1) is 36.9 Å². The minimum Gasteiger partial charge on any atom is -0.497 e. The number of carbonyl (C=O) groups is 2. The molecule has 29 heavy (non-hydrogen) atoms. The van der Waals surface area contributed by atoms with Crippen molar-refractivity contribution in [3.63, 3.8) is 0 Å². The van der Waals surface area contributed by atoms with Gasteiger partial charge in [0.25, 0.3) is 5.91 Å². The molecule has 150 valence electrons. The Hall–Kier alpha value is -3.19. The summed E-state index contributed by atoms with van der Waals surface area (Å²) in [6.45, 7) is 0.283. The lowest BCUT2D eigenvalue weighted by Crippen LogP contribution is -2.31. The van der Waals surface area contributed by atoms with Crippen molar-refractivity contribution in [3.8, 4) is 5.75 Å². The highest BCUT2D eigenvalue weighted by Gasteiger charge is 2.18. The Kier molecular flexibility index (Phi) is 6.97. The van der Waals surface area contributed by atoms with Crippen molar-refractivity contribution < 1.29 is 18.7 Å². The van der Waals surface area contributed by atoms with Crippen LogP contribution < -0.4 is 15.0 Å². The van der Waals surface area contributed by atoms with Crippen molar-refractivity contribution in [2.75, 3.05) is 24.8 Å². The van der Waals surface area contributed by atoms with E-state index in [0.717, 1.165) is 10.6 Å². The summed E-state index contributed by atoms with van der Waals surface area (Å²) in [5.41, 5.74) is 0.995. The van der Waals surface area contributed by atoms with E-state index in [2.05, 4.69) is 5.32 Å². The van der Waals surface area contributed by atoms with Crippen LogP contribution in [0.25, 0.3) is 0 Å². The van der Waals surface area contributed by atoms with Gasteiger partial charge in [0, 0.05) is 11.9 Å². The lowest BCUT2D eigenvalue weighted by molar-refractivity contribution is -0.115. The summed E-state index contributed by atoms with van der Waals surface area (Å²) in [6, 6.07) is 18.1. The number of methoxy groups -OCH3 is 1. The molecular formula is C22H22N2O4S. The van der Waals surface area contributed by atoms with Crippen molar-refractivity contribution in [3.05, 3.63) is 78.3 Å². The van der Waals surface area contributed by atoms with Gasteiger partial charge in [-0.15, -0.1) is 11.8 Å². The fourth-order valence-corrected chi connectivity index (χ4v) is 3.49. The molecular weight excluding hydrogens is 388 g/mol. The van der Waals surface area contributed by atoms with Crippen LogP contribution in [0.4, 0.5) is 5.69 Å². The predicted molar refractivity (Wildman–Crippen MR) is 113 cm³/mol. The van der Waals surface area contributed by atoms with Gasteiger partial charge in [0.15, 0.2) is 0 Å². The van der Waals surface area contributed by atoms with Crippen LogP contribution in [0.2, 0.25) is 0 Å². The highest BCUT2D eigenvalue weighted by molar-refractivity contribution is 8.00. The van der Waals surface area contributed by atoms with E-state index in [9.17, 15) is 9.59 Å². The van der Waals surface area contributed by atoms with Gasteiger partial charge in [-0.05, 0) is 48.5 Å². The van der Waals surface area contributed by atoms with Gasteiger partial charge in [-0.25, -0.2) is 0 Å². The third kappa shape index (κ3) is 5.42. The summed E-state index contributed by atoms with van der Waals surface area (Å²) in [7, 11) is 3.29. The molecule has 2 amide bonds. The smallest absolute Gasteiger partial charge is 0.253 e. The molecule has 3 aromatic rings. The molecule has 0 bridgehead atoms. The first-order valence-corrected chi connectivity index (χ1v) is 10.00. The van der Waals surface area contributed by atoms with Crippen molar-refractivity contribution >= 4 is 29.3 Å². The van der Waals surface area contributed by atoms with Gasteiger partial charge in [0.1, 0.15) is 11.5 Å². The Bertz CT molecular complexity index is 955. The van der Waals surface area contributed by atoms with Crippen LogP contribution in [-0.2, 0) is 11.3 Å². The van der Waals surface area contributed by atoms with Crippen LogP contribution in [0.15, 0.2) is 76.2 Å². The molecule has 0 unspecified atom stereocenters. The second-order valence-corrected chi connectivity index (χ2v) is 7.24. The quantitative estimate of drug-likeness (QED) is 0.569. The number of para-hydroxylation sites is 1. The molecule has 1 N–H and O–H groups in total. The van der Waals surface area contributed by atoms with Gasteiger partial charge in [-0.2, -0.15) is 0 Å². The maximum absolute atomic E-state index is 12.7. The molecule has 0 saturated carbocycles. The Morgan fingerprint density at radius 1 is 1.07 bits per heavy atom. The van der Waals surface area contributed by atoms with Crippen molar-refractivity contribution in [2.45, 2.75) is 11.4 Å². The fourth-order valence-electron chi connectivity index (χ4n) is 2.68. The van der Waals surface area contributed by atoms with E-state index >= 15 is 0 Å². The molecule has 0 aliphatic carbocycles. The number of ether oxygens (including phenoxy) is 1. The number of rotatable bonds is 8. The minimum atomic E-state index is -0.264. The first-order valence-electron chi connectivity index (χ1n) is 9.01. The van der Waals surface area contributed by atoms with E-state index in [-0.39, 0.29) is 24.1 Å². The zero-order chi connectivity index (χ0) is 20.6. The third-order valence-corrected chi connectivity index (χ3v) is 5.31. The lowest BCUT2D eigenvalue weighted by atomic mass is 10.1. The first kappa shape index (κ1) is 20.5. The molecule has 0 aliphatic heterocycles. The average molecular weight is 410 g/mol. The van der Waals surface area contributed by atoms with Crippen LogP contribution in [0.3, 0.4) is 0 Å². The summed E-state index contributed by atoms with van der Waals surface area (Å²) in [5, 5.41) is 2.82. The van der Waals surface area contributed by atoms with Gasteiger partial charge in [0.2, 0.25) is 5.91 Å². The molecule has 1 heterocycles. The minimum absolute atomic E-state index is 0.0999. The molecule has 0 fully saturated rings. The number of nitrogens with zero attached hydrogens (tertiary/aromatic N) is 1. The number of anilines is 1. The second kappa shape index (κ2) is 9.84. The maximum atomic E-state index is 12.7. The standard InChI is InChI=1S/C22H22N2O4S/c1-24(21(25)15-29-18-11-9-16(27-2)10-12-18)20-8-4-3-7-19(20)22(26)23-14-17-6-5-13-28-17/h3-13H,14-15H2,1-2H3,(H,23,26). The van der Waals surface area contributed by atoms with Crippen LogP contribution in [-0.4, -0.2) is 31.7 Å². The van der Waals surface area contributed by atoms with Crippen LogP contribution >= 0.6 is 11.8 Å². The molecule has 1 aromatic heterocycles. The van der Waals surface area contributed by atoms with Crippen LogP contribution in [0, 0.1) is 0 Å². The normalized spacial score (nSPS) is 10.4. The number of benzene rings is 2. The molecule has 6 nitrogen and oxygen atoms in total. The lowest BCUT2D eigenvalue weighted by Gasteiger charge is -2.20. The molecule has 0 saturated heterocycles. The summed E-state index contributed by atoms with van der Waals surface area (Å²) >= 11 is 1.43. The number of amides is 2. The summed E-state index contributed by atoms with van der Waals surface area (Å²) in [5.74, 6) is 1.32. The molecule has 3 rings (SSSR count). The van der Waals surface area contributed by atoms with E-state index in [1.165, 1.54) is 16.7 Å². The van der Waals surface area contributed by atoms with Crippen molar-refractivity contribution in [2.24, 2.45) is 0 Å². The third-order valence-electron chi connectivity index (χ3n) is 4.31. The maximum Gasteiger partial charge on any atom is 0.253 e. The number of hydrogen-bond acceptors (Lipinski definition) is 5. The van der Waals surface area contributed by atoms with Crippen LogP contribution in [0.1, 0.15) is 16.1 Å². The molecule has 0 radical (unpaired) electrons. The van der Waals surface area contributed by atoms with E-state index in [1.807, 2.05) is 24.3 Å². The molecule has 0 atom stereocenters. The topological polar surface area (TPSA) is 71.8 Å². The number of nitrogens with one attached hydrogen (secondary N) is 1. The Morgan fingerprint density at radius 2 is 1.83 bits per heavy atom. The van der Waals surface area contributed by atoms with Crippen molar-refractivity contribution in [1.29, 1.82) is 0 Å². The highest BCUT2D eigenvalue weighted by Crippen LogP contribution is 2.24. The molecule has 0 spiro atoms. The molecule has 7 heteroatoms. The van der Waals surface area contributed by atoms with Gasteiger partial charge >= 0.3 is 0 Å². The van der Waals surface area contributed by atoms with Crippen molar-refractivity contribution in [1.82, 2.24) is 5.32 Å². The number of carbonyl (C=O) groups excluding carboxylic acids is 2. The van der Waals surface area contributed by atoms with E-state index in [1.54, 1.807) is 56.8 Å². The SMILES string of the molecule is COc1ccc(SCC(=O)N(C)c2ccccc2C(=O)NCc2ccco2)cc1. The van der Waals surface area contributed by atoms with E-state index < -0.39 is 0 Å². The average Bonchev–Trinajstić information content (AvgIpc) is 3.29. The summed E-state index contributed by atoms with van der Waals surface area (Å²) < 4.78 is 10.4. The summed E-state index contributed by atoms with van der Waals surface area (Å²) in [4.78, 5) is 27.8. The first-order chi connectivity index (χ1) is 14.1. The number of furan rings is 1. The Labute approximate surface area is 173 Å². The highest BCUT2D eigenvalue weighted by atomic mass is 32.2. The zero-order valence-corrected chi connectivity index (χ0v) is 17.1. The van der Waals surface area contributed by atoms with Gasteiger partial charge < -0.3 is 19.4 Å². The van der Waals surface area contributed by atoms with E-state index in [0.29, 0.717) is 17.0 Å². The Balaban J connectivity index is 1.63.